The number of rotatable bonds is 7. The standard InChI is InChI=1S/C17H25N5O2S2.HI/c1-5-18-17(21-12-16-19-10-13(2)25-16)20-11-14-6-8-15(9-7-14)26(23,24)22(3)4;/h6-10H,5,11-12H2,1-4H3,(H2,18,20,21);1H. The van der Waals surface area contributed by atoms with Crippen molar-refractivity contribution in [3.8, 4) is 0 Å². The third kappa shape index (κ3) is 7.01. The number of nitrogens with one attached hydrogen (secondary N) is 2. The summed E-state index contributed by atoms with van der Waals surface area (Å²) in [6.45, 7) is 5.86. The number of sulfonamides is 1. The Kier molecular flexibility index (Phi) is 9.63. The first-order chi connectivity index (χ1) is 12.3. The summed E-state index contributed by atoms with van der Waals surface area (Å²) in [6, 6.07) is 6.79. The molecule has 0 saturated carbocycles. The van der Waals surface area contributed by atoms with E-state index in [9.17, 15) is 8.42 Å². The summed E-state index contributed by atoms with van der Waals surface area (Å²) in [5.41, 5.74) is 0.935. The Morgan fingerprint density at radius 1 is 1.22 bits per heavy atom. The lowest BCUT2D eigenvalue weighted by Gasteiger charge is -2.12. The number of thiazole rings is 1. The Hall–Kier alpha value is -1.24. The molecule has 0 radical (unpaired) electrons. The van der Waals surface area contributed by atoms with Crippen LogP contribution in [0.15, 0.2) is 40.4 Å². The molecule has 0 aliphatic heterocycles. The second-order valence-electron chi connectivity index (χ2n) is 5.84. The molecule has 10 heteroatoms. The fraction of sp³-hybridized carbons (Fsp3) is 0.412. The molecule has 0 spiro atoms. The van der Waals surface area contributed by atoms with E-state index in [1.165, 1.54) is 23.3 Å². The van der Waals surface area contributed by atoms with Gasteiger partial charge in [-0.15, -0.1) is 35.3 Å². The first kappa shape index (κ1) is 23.8. The number of guanidine groups is 1. The molecule has 0 atom stereocenters. The highest BCUT2D eigenvalue weighted by Gasteiger charge is 2.16. The molecule has 0 unspecified atom stereocenters. The minimum absolute atomic E-state index is 0. The monoisotopic (exact) mass is 523 g/mol. The van der Waals surface area contributed by atoms with Gasteiger partial charge in [0.2, 0.25) is 10.0 Å². The van der Waals surface area contributed by atoms with Gasteiger partial charge in [-0.25, -0.2) is 22.7 Å². The van der Waals surface area contributed by atoms with Crippen LogP contribution in [0.3, 0.4) is 0 Å². The van der Waals surface area contributed by atoms with Crippen molar-refractivity contribution in [1.29, 1.82) is 0 Å². The van der Waals surface area contributed by atoms with Gasteiger partial charge in [0.1, 0.15) is 5.01 Å². The van der Waals surface area contributed by atoms with Gasteiger partial charge in [0.25, 0.3) is 0 Å². The predicted octanol–water partition coefficient (Wildman–Crippen LogP) is 2.58. The Bertz CT molecular complexity index is 848. The number of aromatic nitrogens is 1. The summed E-state index contributed by atoms with van der Waals surface area (Å²) in [5, 5.41) is 7.45. The molecule has 1 heterocycles. The number of aliphatic imine (C=N–C) groups is 1. The Balaban J connectivity index is 0.00000364. The van der Waals surface area contributed by atoms with Gasteiger partial charge < -0.3 is 10.6 Å². The molecule has 0 amide bonds. The predicted molar refractivity (Wildman–Crippen MR) is 121 cm³/mol. The van der Waals surface area contributed by atoms with Crippen molar-refractivity contribution < 1.29 is 8.42 Å². The van der Waals surface area contributed by atoms with Crippen molar-refractivity contribution >= 4 is 51.3 Å². The highest BCUT2D eigenvalue weighted by molar-refractivity contribution is 14.0. The normalized spacial score (nSPS) is 12.0. The van der Waals surface area contributed by atoms with E-state index in [2.05, 4.69) is 20.6 Å². The van der Waals surface area contributed by atoms with Gasteiger partial charge in [0.05, 0.1) is 18.0 Å². The second-order valence-corrected chi connectivity index (χ2v) is 9.32. The molecule has 2 aromatic rings. The van der Waals surface area contributed by atoms with E-state index in [-0.39, 0.29) is 28.9 Å². The molecule has 0 aliphatic carbocycles. The van der Waals surface area contributed by atoms with E-state index < -0.39 is 10.0 Å². The minimum Gasteiger partial charge on any atom is -0.357 e. The molecule has 7 nitrogen and oxygen atoms in total. The Labute approximate surface area is 182 Å². The number of hydrogen-bond acceptors (Lipinski definition) is 5. The highest BCUT2D eigenvalue weighted by atomic mass is 127. The van der Waals surface area contributed by atoms with Gasteiger partial charge in [0.15, 0.2) is 5.96 Å². The molecular weight excluding hydrogens is 497 g/mol. The van der Waals surface area contributed by atoms with Gasteiger partial charge in [-0.2, -0.15) is 0 Å². The maximum absolute atomic E-state index is 12.1. The zero-order chi connectivity index (χ0) is 19.2. The summed E-state index contributed by atoms with van der Waals surface area (Å²) >= 11 is 1.65. The fourth-order valence-electron chi connectivity index (χ4n) is 2.13. The van der Waals surface area contributed by atoms with Crippen molar-refractivity contribution in [2.24, 2.45) is 4.99 Å². The van der Waals surface area contributed by atoms with Crippen molar-refractivity contribution in [2.45, 2.75) is 31.8 Å². The maximum Gasteiger partial charge on any atom is 0.242 e. The zero-order valence-electron chi connectivity index (χ0n) is 15.9. The lowest BCUT2D eigenvalue weighted by atomic mass is 10.2. The van der Waals surface area contributed by atoms with Crippen LogP contribution >= 0.6 is 35.3 Å². The van der Waals surface area contributed by atoms with Crippen molar-refractivity contribution in [3.63, 3.8) is 0 Å². The number of nitrogens with zero attached hydrogens (tertiary/aromatic N) is 3. The van der Waals surface area contributed by atoms with E-state index in [0.29, 0.717) is 19.0 Å². The zero-order valence-corrected chi connectivity index (χ0v) is 19.9. The summed E-state index contributed by atoms with van der Waals surface area (Å²) in [5.74, 6) is 0.699. The second kappa shape index (κ2) is 10.9. The largest absolute Gasteiger partial charge is 0.357 e. The highest BCUT2D eigenvalue weighted by Crippen LogP contribution is 2.14. The van der Waals surface area contributed by atoms with E-state index in [4.69, 9.17) is 0 Å². The lowest BCUT2D eigenvalue weighted by Crippen LogP contribution is -2.36. The smallest absolute Gasteiger partial charge is 0.242 e. The van der Waals surface area contributed by atoms with Crippen molar-refractivity contribution in [3.05, 3.63) is 45.9 Å². The van der Waals surface area contributed by atoms with Crippen LogP contribution in [0.2, 0.25) is 0 Å². The maximum atomic E-state index is 12.1. The van der Waals surface area contributed by atoms with E-state index in [1.54, 1.807) is 35.6 Å². The molecule has 2 N–H and O–H groups in total. The molecule has 0 fully saturated rings. The van der Waals surface area contributed by atoms with Gasteiger partial charge in [0, 0.05) is 31.7 Å². The van der Waals surface area contributed by atoms with Crippen LogP contribution < -0.4 is 10.6 Å². The molecular formula is C17H26IN5O2S2. The number of aryl methyl sites for hydroxylation is 1. The summed E-state index contributed by atoms with van der Waals surface area (Å²) < 4.78 is 25.4. The Morgan fingerprint density at radius 3 is 2.41 bits per heavy atom. The van der Waals surface area contributed by atoms with Gasteiger partial charge >= 0.3 is 0 Å². The van der Waals surface area contributed by atoms with E-state index in [1.807, 2.05) is 20.0 Å². The van der Waals surface area contributed by atoms with Crippen LogP contribution in [0.5, 0.6) is 0 Å². The van der Waals surface area contributed by atoms with Crippen LogP contribution in [0, 0.1) is 6.92 Å². The molecule has 0 saturated heterocycles. The van der Waals surface area contributed by atoms with Crippen LogP contribution in [-0.2, 0) is 23.1 Å². The number of halogens is 1. The van der Waals surface area contributed by atoms with Gasteiger partial charge in [-0.3, -0.25) is 0 Å². The minimum atomic E-state index is -3.40. The molecule has 1 aromatic carbocycles. The third-order valence-corrected chi connectivity index (χ3v) is 6.28. The summed E-state index contributed by atoms with van der Waals surface area (Å²) in [4.78, 5) is 10.3. The number of benzene rings is 1. The molecule has 150 valence electrons. The molecule has 1 aromatic heterocycles. The van der Waals surface area contributed by atoms with Gasteiger partial charge in [-0.1, -0.05) is 12.1 Å². The van der Waals surface area contributed by atoms with Crippen LogP contribution in [0.25, 0.3) is 0 Å². The van der Waals surface area contributed by atoms with Crippen molar-refractivity contribution in [1.82, 2.24) is 19.9 Å². The van der Waals surface area contributed by atoms with Crippen LogP contribution in [-0.4, -0.2) is 44.3 Å². The Morgan fingerprint density at radius 2 is 1.89 bits per heavy atom. The average Bonchev–Trinajstić information content (AvgIpc) is 3.03. The molecule has 0 aliphatic rings. The SMILES string of the molecule is CCNC(=NCc1ccc(S(=O)(=O)N(C)C)cc1)NCc1ncc(C)s1.I. The van der Waals surface area contributed by atoms with Crippen LogP contribution in [0.4, 0.5) is 0 Å². The summed E-state index contributed by atoms with van der Waals surface area (Å²) in [6.07, 6.45) is 1.86. The topological polar surface area (TPSA) is 86.7 Å². The van der Waals surface area contributed by atoms with E-state index >= 15 is 0 Å². The molecule has 27 heavy (non-hydrogen) atoms. The first-order valence-corrected chi connectivity index (χ1v) is 10.5. The lowest BCUT2D eigenvalue weighted by molar-refractivity contribution is 0.520. The summed E-state index contributed by atoms with van der Waals surface area (Å²) in [7, 11) is -0.364. The molecule has 2 rings (SSSR count). The number of hydrogen-bond donors (Lipinski definition) is 2. The average molecular weight is 523 g/mol. The third-order valence-electron chi connectivity index (χ3n) is 3.54. The van der Waals surface area contributed by atoms with E-state index in [0.717, 1.165) is 17.1 Å². The fourth-order valence-corrected chi connectivity index (χ4v) is 3.76. The van der Waals surface area contributed by atoms with Gasteiger partial charge in [-0.05, 0) is 31.5 Å². The van der Waals surface area contributed by atoms with Crippen molar-refractivity contribution in [2.75, 3.05) is 20.6 Å². The first-order valence-electron chi connectivity index (χ1n) is 8.28. The van der Waals surface area contributed by atoms with Crippen LogP contribution in [0.1, 0.15) is 22.4 Å². The quantitative estimate of drug-likeness (QED) is 0.331. The molecule has 0 bridgehead atoms.